The number of aromatic carboxylic acids is 1. The van der Waals surface area contributed by atoms with Crippen LogP contribution in [0.2, 0.25) is 0 Å². The maximum Gasteiger partial charge on any atom is 0.335 e. The fourth-order valence-corrected chi connectivity index (χ4v) is 2.32. The van der Waals surface area contributed by atoms with Crippen LogP contribution in [0.4, 0.5) is 0 Å². The SMILES string of the molecule is Cn1c(-c2cccc(C#N)c2)nc2cc(C(=O)O)ccc21. The summed E-state index contributed by atoms with van der Waals surface area (Å²) < 4.78 is 1.89. The average Bonchev–Trinajstić information content (AvgIpc) is 2.84. The number of imidazole rings is 1. The second-order valence-corrected chi connectivity index (χ2v) is 4.70. The molecule has 1 heterocycles. The van der Waals surface area contributed by atoms with Crippen molar-refractivity contribution in [2.45, 2.75) is 0 Å². The van der Waals surface area contributed by atoms with Crippen molar-refractivity contribution in [1.82, 2.24) is 9.55 Å². The molecule has 0 radical (unpaired) electrons. The highest BCUT2D eigenvalue weighted by atomic mass is 16.4. The highest BCUT2D eigenvalue weighted by Crippen LogP contribution is 2.25. The van der Waals surface area contributed by atoms with Gasteiger partial charge in [-0.2, -0.15) is 5.26 Å². The Hall–Kier alpha value is -3.13. The Morgan fingerprint density at radius 2 is 2.10 bits per heavy atom. The minimum atomic E-state index is -0.976. The van der Waals surface area contributed by atoms with Gasteiger partial charge in [-0.3, -0.25) is 0 Å². The van der Waals surface area contributed by atoms with E-state index in [0.717, 1.165) is 11.1 Å². The summed E-state index contributed by atoms with van der Waals surface area (Å²) in [6.45, 7) is 0. The molecule has 0 unspecified atom stereocenters. The predicted octanol–water partition coefficient (Wildman–Crippen LogP) is 2.81. The van der Waals surface area contributed by atoms with Crippen LogP contribution >= 0.6 is 0 Å². The third-order valence-electron chi connectivity index (χ3n) is 3.38. The van der Waals surface area contributed by atoms with Crippen molar-refractivity contribution in [2.75, 3.05) is 0 Å². The number of aryl methyl sites for hydroxylation is 1. The highest BCUT2D eigenvalue weighted by Gasteiger charge is 2.12. The van der Waals surface area contributed by atoms with E-state index >= 15 is 0 Å². The fraction of sp³-hybridized carbons (Fsp3) is 0.0625. The summed E-state index contributed by atoms with van der Waals surface area (Å²) in [6.07, 6.45) is 0. The van der Waals surface area contributed by atoms with Gasteiger partial charge in [0.1, 0.15) is 5.82 Å². The van der Waals surface area contributed by atoms with Crippen molar-refractivity contribution >= 4 is 17.0 Å². The number of nitrogens with zero attached hydrogens (tertiary/aromatic N) is 3. The largest absolute Gasteiger partial charge is 0.478 e. The first kappa shape index (κ1) is 12.9. The first-order chi connectivity index (χ1) is 10.1. The van der Waals surface area contributed by atoms with E-state index in [1.54, 1.807) is 36.4 Å². The van der Waals surface area contributed by atoms with Crippen molar-refractivity contribution in [1.29, 1.82) is 5.26 Å². The van der Waals surface area contributed by atoms with Gasteiger partial charge in [0.05, 0.1) is 28.2 Å². The molecular formula is C16H11N3O2. The average molecular weight is 277 g/mol. The molecule has 3 aromatic rings. The van der Waals surface area contributed by atoms with Crippen molar-refractivity contribution < 1.29 is 9.90 Å². The lowest BCUT2D eigenvalue weighted by Gasteiger charge is -2.02. The molecular weight excluding hydrogens is 266 g/mol. The lowest BCUT2D eigenvalue weighted by atomic mass is 10.1. The number of hydrogen-bond donors (Lipinski definition) is 1. The number of fused-ring (bicyclic) bond motifs is 1. The van der Waals surface area contributed by atoms with Gasteiger partial charge >= 0.3 is 5.97 Å². The molecule has 0 saturated heterocycles. The quantitative estimate of drug-likeness (QED) is 0.781. The number of carboxylic acid groups (broad SMARTS) is 1. The van der Waals surface area contributed by atoms with Crippen molar-refractivity contribution in [3.63, 3.8) is 0 Å². The van der Waals surface area contributed by atoms with Gasteiger partial charge in [-0.05, 0) is 30.3 Å². The van der Waals surface area contributed by atoms with Gasteiger partial charge in [0.2, 0.25) is 0 Å². The molecule has 0 aliphatic carbocycles. The molecule has 0 saturated carbocycles. The fourth-order valence-electron chi connectivity index (χ4n) is 2.32. The standard InChI is InChI=1S/C16H11N3O2/c1-19-14-6-5-12(16(20)21)8-13(14)18-15(19)11-4-2-3-10(7-11)9-17/h2-8H,1H3,(H,20,21). The molecule has 0 bridgehead atoms. The van der Waals surface area contributed by atoms with Gasteiger partial charge in [-0.1, -0.05) is 12.1 Å². The third-order valence-corrected chi connectivity index (χ3v) is 3.38. The van der Waals surface area contributed by atoms with Crippen LogP contribution < -0.4 is 0 Å². The summed E-state index contributed by atoms with van der Waals surface area (Å²) >= 11 is 0. The number of carboxylic acids is 1. The normalized spacial score (nSPS) is 10.5. The van der Waals surface area contributed by atoms with Gasteiger partial charge in [0.25, 0.3) is 0 Å². The van der Waals surface area contributed by atoms with E-state index in [9.17, 15) is 4.79 Å². The zero-order chi connectivity index (χ0) is 15.0. The van der Waals surface area contributed by atoms with Crippen LogP contribution in [0.1, 0.15) is 15.9 Å². The van der Waals surface area contributed by atoms with Crippen LogP contribution in [0.5, 0.6) is 0 Å². The Kier molecular flexibility index (Phi) is 2.92. The van der Waals surface area contributed by atoms with E-state index in [1.165, 1.54) is 0 Å². The zero-order valence-electron chi connectivity index (χ0n) is 11.2. The second-order valence-electron chi connectivity index (χ2n) is 4.70. The summed E-state index contributed by atoms with van der Waals surface area (Å²) in [4.78, 5) is 15.5. The molecule has 21 heavy (non-hydrogen) atoms. The first-order valence-corrected chi connectivity index (χ1v) is 6.30. The lowest BCUT2D eigenvalue weighted by molar-refractivity contribution is 0.0697. The topological polar surface area (TPSA) is 78.9 Å². The number of nitriles is 1. The molecule has 102 valence electrons. The Morgan fingerprint density at radius 3 is 2.81 bits per heavy atom. The highest BCUT2D eigenvalue weighted by molar-refractivity contribution is 5.93. The van der Waals surface area contributed by atoms with Gasteiger partial charge in [0.15, 0.2) is 0 Å². The molecule has 0 aliphatic heterocycles. The molecule has 2 aromatic carbocycles. The second kappa shape index (κ2) is 4.76. The van der Waals surface area contributed by atoms with E-state index < -0.39 is 5.97 Å². The summed E-state index contributed by atoms with van der Waals surface area (Å²) in [5.41, 5.74) is 3.06. The number of carbonyl (C=O) groups is 1. The van der Waals surface area contributed by atoms with Crippen LogP contribution in [0.3, 0.4) is 0 Å². The molecule has 0 amide bonds. The van der Waals surface area contributed by atoms with Crippen LogP contribution in [0.25, 0.3) is 22.4 Å². The number of benzene rings is 2. The summed E-state index contributed by atoms with van der Waals surface area (Å²) in [5.74, 6) is -0.278. The predicted molar refractivity (Wildman–Crippen MR) is 77.8 cm³/mol. The van der Waals surface area contributed by atoms with Crippen molar-refractivity contribution in [3.05, 3.63) is 53.6 Å². The molecule has 5 heteroatoms. The maximum atomic E-state index is 11.0. The molecule has 3 rings (SSSR count). The number of aromatic nitrogens is 2. The van der Waals surface area contributed by atoms with E-state index in [2.05, 4.69) is 11.1 Å². The third kappa shape index (κ3) is 2.13. The monoisotopic (exact) mass is 277 g/mol. The Morgan fingerprint density at radius 1 is 1.29 bits per heavy atom. The Balaban J connectivity index is 2.21. The lowest BCUT2D eigenvalue weighted by Crippen LogP contribution is -1.95. The van der Waals surface area contributed by atoms with Crippen LogP contribution in [0, 0.1) is 11.3 Å². The minimum absolute atomic E-state index is 0.206. The van der Waals surface area contributed by atoms with Crippen LogP contribution in [-0.4, -0.2) is 20.6 Å². The van der Waals surface area contributed by atoms with Crippen LogP contribution in [-0.2, 0) is 7.05 Å². The van der Waals surface area contributed by atoms with E-state index in [0.29, 0.717) is 16.9 Å². The Bertz CT molecular complexity index is 904. The van der Waals surface area contributed by atoms with Gasteiger partial charge < -0.3 is 9.67 Å². The molecule has 5 nitrogen and oxygen atoms in total. The summed E-state index contributed by atoms with van der Waals surface area (Å²) in [5, 5.41) is 18.0. The zero-order valence-corrected chi connectivity index (χ0v) is 11.2. The van der Waals surface area contributed by atoms with Gasteiger partial charge in [-0.15, -0.1) is 0 Å². The van der Waals surface area contributed by atoms with E-state index in [1.807, 2.05) is 17.7 Å². The van der Waals surface area contributed by atoms with E-state index in [4.69, 9.17) is 10.4 Å². The summed E-state index contributed by atoms with van der Waals surface area (Å²) in [7, 11) is 1.87. The minimum Gasteiger partial charge on any atom is -0.478 e. The smallest absolute Gasteiger partial charge is 0.335 e. The molecule has 0 atom stereocenters. The van der Waals surface area contributed by atoms with Crippen molar-refractivity contribution in [3.8, 4) is 17.5 Å². The summed E-state index contributed by atoms with van der Waals surface area (Å²) in [6, 6.07) is 14.1. The van der Waals surface area contributed by atoms with Crippen molar-refractivity contribution in [2.24, 2.45) is 7.05 Å². The number of rotatable bonds is 2. The molecule has 0 aliphatic rings. The van der Waals surface area contributed by atoms with Gasteiger partial charge in [-0.25, -0.2) is 9.78 Å². The number of hydrogen-bond acceptors (Lipinski definition) is 3. The molecule has 1 N–H and O–H groups in total. The van der Waals surface area contributed by atoms with E-state index in [-0.39, 0.29) is 5.56 Å². The molecule has 0 fully saturated rings. The molecule has 0 spiro atoms. The first-order valence-electron chi connectivity index (χ1n) is 6.30. The van der Waals surface area contributed by atoms with Gasteiger partial charge in [0, 0.05) is 12.6 Å². The Labute approximate surface area is 120 Å². The molecule has 1 aromatic heterocycles. The van der Waals surface area contributed by atoms with Crippen LogP contribution in [0.15, 0.2) is 42.5 Å². The maximum absolute atomic E-state index is 11.0.